The number of rotatable bonds is 6. The average Bonchev–Trinajstić information content (AvgIpc) is 3.40. The smallest absolute Gasteiger partial charge is 0.338 e. The van der Waals surface area contributed by atoms with Crippen molar-refractivity contribution in [2.75, 3.05) is 13.2 Å². The molecule has 2 aromatic carbocycles. The van der Waals surface area contributed by atoms with Gasteiger partial charge in [0.25, 0.3) is 0 Å². The Balaban J connectivity index is 1.38. The van der Waals surface area contributed by atoms with Crippen LogP contribution in [0, 0.1) is 0 Å². The number of imidazole rings is 1. The van der Waals surface area contributed by atoms with Crippen molar-refractivity contribution in [3.8, 4) is 11.4 Å². The first-order valence-corrected chi connectivity index (χ1v) is 11.0. The Bertz CT molecular complexity index is 1200. The van der Waals surface area contributed by atoms with Gasteiger partial charge < -0.3 is 14.5 Å². The summed E-state index contributed by atoms with van der Waals surface area (Å²) in [7, 11) is 0. The zero-order chi connectivity index (χ0) is 22.5. The van der Waals surface area contributed by atoms with E-state index in [-0.39, 0.29) is 18.0 Å². The zero-order valence-electron chi connectivity index (χ0n) is 18.1. The van der Waals surface area contributed by atoms with E-state index in [1.807, 2.05) is 54.6 Å². The van der Waals surface area contributed by atoms with Gasteiger partial charge in [-0.2, -0.15) is 0 Å². The van der Waals surface area contributed by atoms with Crippen LogP contribution in [-0.4, -0.2) is 39.1 Å². The fourth-order valence-corrected chi connectivity index (χ4v) is 4.25. The second-order valence-corrected chi connectivity index (χ2v) is 8.07. The Morgan fingerprint density at radius 3 is 2.48 bits per heavy atom. The van der Waals surface area contributed by atoms with E-state index < -0.39 is 0 Å². The number of H-pyrrole nitrogens is 1. The third-order valence-corrected chi connectivity index (χ3v) is 6.10. The number of carbonyl (C=O) groups is 1. The fourth-order valence-electron chi connectivity index (χ4n) is 4.25. The normalized spacial score (nSPS) is 15.2. The molecule has 0 bridgehead atoms. The number of nitrogens with one attached hydrogen (secondary N) is 1. The molecule has 4 aromatic rings. The summed E-state index contributed by atoms with van der Waals surface area (Å²) in [6.45, 7) is 1.53. The molecule has 0 spiro atoms. The maximum atomic E-state index is 12.5. The zero-order valence-corrected chi connectivity index (χ0v) is 18.1. The topological polar surface area (TPSA) is 90.0 Å². The highest BCUT2D eigenvalue weighted by Gasteiger charge is 2.39. The van der Waals surface area contributed by atoms with E-state index in [0.717, 1.165) is 41.2 Å². The lowest BCUT2D eigenvalue weighted by Crippen LogP contribution is -2.36. The number of carbonyl (C=O) groups excluding carboxylic acids is 1. The highest BCUT2D eigenvalue weighted by atomic mass is 16.5. The van der Waals surface area contributed by atoms with E-state index in [0.29, 0.717) is 18.8 Å². The van der Waals surface area contributed by atoms with E-state index in [9.17, 15) is 4.79 Å². The highest BCUT2D eigenvalue weighted by molar-refractivity contribution is 5.89. The number of benzene rings is 2. The summed E-state index contributed by atoms with van der Waals surface area (Å²) in [5.74, 6) is 0.528. The van der Waals surface area contributed by atoms with Gasteiger partial charge in [0.05, 0.1) is 29.1 Å². The van der Waals surface area contributed by atoms with E-state index >= 15 is 0 Å². The third-order valence-electron chi connectivity index (χ3n) is 6.10. The summed E-state index contributed by atoms with van der Waals surface area (Å²) in [6, 6.07) is 17.3. The van der Waals surface area contributed by atoms with Crippen molar-refractivity contribution in [1.29, 1.82) is 0 Å². The number of hydrogen-bond donors (Lipinski definition) is 1. The molecule has 1 aliphatic rings. The number of aromatic amines is 1. The predicted octanol–water partition coefficient (Wildman–Crippen LogP) is 4.32. The molecule has 7 heteroatoms. The minimum absolute atomic E-state index is 0.250. The van der Waals surface area contributed by atoms with E-state index in [1.54, 1.807) is 24.8 Å². The summed E-state index contributed by atoms with van der Waals surface area (Å²) < 4.78 is 11.1. The minimum Gasteiger partial charge on any atom is -0.457 e. The van der Waals surface area contributed by atoms with Gasteiger partial charge in [-0.1, -0.05) is 42.5 Å². The predicted molar refractivity (Wildman–Crippen MR) is 122 cm³/mol. The molecule has 3 heterocycles. The summed E-state index contributed by atoms with van der Waals surface area (Å²) in [5, 5.41) is 0. The molecular weight excluding hydrogens is 416 g/mol. The van der Waals surface area contributed by atoms with Crippen LogP contribution in [0.25, 0.3) is 11.4 Å². The van der Waals surface area contributed by atoms with Crippen LogP contribution in [0.15, 0.2) is 79.4 Å². The number of hydrogen-bond acceptors (Lipinski definition) is 6. The first-order chi connectivity index (χ1) is 16.2. The minimum atomic E-state index is -0.339. The van der Waals surface area contributed by atoms with E-state index in [2.05, 4.69) is 15.0 Å². The summed E-state index contributed by atoms with van der Waals surface area (Å²) in [4.78, 5) is 29.2. The lowest BCUT2D eigenvalue weighted by molar-refractivity contribution is 0.0472. The van der Waals surface area contributed by atoms with Gasteiger partial charge in [0.2, 0.25) is 0 Å². The third kappa shape index (κ3) is 4.40. The molecule has 1 N–H and O–H groups in total. The van der Waals surface area contributed by atoms with Crippen molar-refractivity contribution in [2.45, 2.75) is 24.9 Å². The molecule has 0 unspecified atom stereocenters. The molecule has 2 aromatic heterocycles. The van der Waals surface area contributed by atoms with E-state index in [4.69, 9.17) is 14.5 Å². The fraction of sp³-hybridized carbons (Fsp3) is 0.231. The van der Waals surface area contributed by atoms with Gasteiger partial charge in [0, 0.05) is 25.6 Å². The molecule has 5 rings (SSSR count). The monoisotopic (exact) mass is 440 g/mol. The summed E-state index contributed by atoms with van der Waals surface area (Å²) >= 11 is 0. The van der Waals surface area contributed by atoms with E-state index in [1.165, 1.54) is 0 Å². The van der Waals surface area contributed by atoms with Gasteiger partial charge in [-0.15, -0.1) is 0 Å². The molecule has 1 fully saturated rings. The van der Waals surface area contributed by atoms with Gasteiger partial charge >= 0.3 is 5.97 Å². The van der Waals surface area contributed by atoms with Gasteiger partial charge in [-0.05, 0) is 36.1 Å². The first kappa shape index (κ1) is 21.0. The first-order valence-electron chi connectivity index (χ1n) is 11.0. The molecule has 0 amide bonds. The van der Waals surface area contributed by atoms with Crippen LogP contribution in [0.5, 0.6) is 0 Å². The maximum Gasteiger partial charge on any atom is 0.338 e. The molecule has 0 atom stereocenters. The molecule has 7 nitrogen and oxygen atoms in total. The quantitative estimate of drug-likeness (QED) is 0.449. The molecule has 0 aliphatic carbocycles. The molecule has 0 radical (unpaired) electrons. The summed E-state index contributed by atoms with van der Waals surface area (Å²) in [6.07, 6.45) is 8.40. The molecule has 166 valence electrons. The lowest BCUT2D eigenvalue weighted by atomic mass is 9.73. The lowest BCUT2D eigenvalue weighted by Gasteiger charge is -2.36. The van der Waals surface area contributed by atoms with Gasteiger partial charge in [0.15, 0.2) is 0 Å². The van der Waals surface area contributed by atoms with Crippen LogP contribution in [0.2, 0.25) is 0 Å². The van der Waals surface area contributed by atoms with Crippen molar-refractivity contribution in [2.24, 2.45) is 0 Å². The Hall–Kier alpha value is -3.84. The van der Waals surface area contributed by atoms with Crippen molar-refractivity contribution < 1.29 is 14.3 Å². The standard InChI is InChI=1S/C26H24N4O3/c31-24(33-18-19-4-2-1-3-5-19)20-6-8-21(9-7-20)26(10-14-32-15-11-26)25-29-17-23(30-25)22-16-27-12-13-28-22/h1-9,12-13,16-17H,10-11,14-15,18H2,(H,29,30). The number of ether oxygens (including phenoxy) is 2. The van der Waals surface area contributed by atoms with Crippen LogP contribution >= 0.6 is 0 Å². The molecule has 1 aliphatic heterocycles. The second kappa shape index (κ2) is 9.34. The van der Waals surface area contributed by atoms with Crippen molar-refractivity contribution >= 4 is 5.97 Å². The molecule has 33 heavy (non-hydrogen) atoms. The van der Waals surface area contributed by atoms with Crippen LogP contribution in [-0.2, 0) is 21.5 Å². The Morgan fingerprint density at radius 2 is 1.76 bits per heavy atom. The second-order valence-electron chi connectivity index (χ2n) is 8.07. The number of aromatic nitrogens is 4. The van der Waals surface area contributed by atoms with Crippen molar-refractivity contribution in [3.63, 3.8) is 0 Å². The van der Waals surface area contributed by atoms with Gasteiger partial charge in [-0.3, -0.25) is 9.97 Å². The summed E-state index contributed by atoms with van der Waals surface area (Å²) in [5.41, 5.74) is 3.81. The largest absolute Gasteiger partial charge is 0.457 e. The van der Waals surface area contributed by atoms with Crippen LogP contribution in [0.1, 0.15) is 40.2 Å². The highest BCUT2D eigenvalue weighted by Crippen LogP contribution is 2.40. The van der Waals surface area contributed by atoms with Gasteiger partial charge in [-0.25, -0.2) is 9.78 Å². The molecular formula is C26H24N4O3. The van der Waals surface area contributed by atoms with Gasteiger partial charge in [0.1, 0.15) is 18.1 Å². The maximum absolute atomic E-state index is 12.5. The molecule has 0 saturated carbocycles. The number of nitrogens with zero attached hydrogens (tertiary/aromatic N) is 3. The Labute approximate surface area is 191 Å². The van der Waals surface area contributed by atoms with Crippen LogP contribution in [0.3, 0.4) is 0 Å². The Kier molecular flexibility index (Phi) is 5.95. The van der Waals surface area contributed by atoms with Crippen LogP contribution < -0.4 is 0 Å². The molecule has 1 saturated heterocycles. The van der Waals surface area contributed by atoms with Crippen LogP contribution in [0.4, 0.5) is 0 Å². The SMILES string of the molecule is O=C(OCc1ccccc1)c1ccc(C2(c3ncc(-c4cnccn4)[nH]3)CCOCC2)cc1. The van der Waals surface area contributed by atoms with Crippen molar-refractivity contribution in [3.05, 3.63) is 102 Å². The van der Waals surface area contributed by atoms with Crippen molar-refractivity contribution in [1.82, 2.24) is 19.9 Å². The number of esters is 1. The Morgan fingerprint density at radius 1 is 0.970 bits per heavy atom. The average molecular weight is 441 g/mol.